The lowest BCUT2D eigenvalue weighted by molar-refractivity contribution is 0.565. The van der Waals surface area contributed by atoms with E-state index in [-0.39, 0.29) is 6.04 Å². The third kappa shape index (κ3) is 4.66. The minimum atomic E-state index is -2.95. The molecule has 0 aliphatic carbocycles. The lowest BCUT2D eigenvalue weighted by Crippen LogP contribution is -2.35. The number of nitrogens with one attached hydrogen (secondary N) is 1. The summed E-state index contributed by atoms with van der Waals surface area (Å²) in [7, 11) is -2.95. The zero-order valence-electron chi connectivity index (χ0n) is 15.9. The summed E-state index contributed by atoms with van der Waals surface area (Å²) in [5, 5.41) is 5.19. The molecular weight excluding hydrogens is 349 g/mol. The topological polar surface area (TPSA) is 29.1 Å². The molecule has 0 aromatic heterocycles. The Morgan fingerprint density at radius 2 is 1.30 bits per heavy atom. The maximum Gasteiger partial charge on any atom is 0.205 e. The van der Waals surface area contributed by atoms with E-state index in [1.165, 1.54) is 5.57 Å². The van der Waals surface area contributed by atoms with Crippen molar-refractivity contribution < 1.29 is 4.57 Å². The second kappa shape index (κ2) is 8.99. The SMILES string of the molecule is CC[C@@H](NP(=O)(c1ccccc1)c1ccccc1)/C(C)=C/c1ccccc1. The first-order valence-electron chi connectivity index (χ1n) is 9.36. The van der Waals surface area contributed by atoms with Gasteiger partial charge in [0.05, 0.1) is 0 Å². The Balaban J connectivity index is 1.98. The maximum atomic E-state index is 14.2. The number of rotatable bonds is 7. The molecule has 1 N–H and O–H groups in total. The molecule has 3 heteroatoms. The highest BCUT2D eigenvalue weighted by Gasteiger charge is 2.29. The molecule has 3 aromatic carbocycles. The van der Waals surface area contributed by atoms with Crippen LogP contribution in [0.1, 0.15) is 25.8 Å². The largest absolute Gasteiger partial charge is 0.297 e. The molecule has 0 radical (unpaired) electrons. The highest BCUT2D eigenvalue weighted by atomic mass is 31.2. The smallest absolute Gasteiger partial charge is 0.205 e. The quantitative estimate of drug-likeness (QED) is 0.561. The molecule has 0 fully saturated rings. The van der Waals surface area contributed by atoms with Crippen LogP contribution in [0, 0.1) is 0 Å². The van der Waals surface area contributed by atoms with Gasteiger partial charge in [-0.15, -0.1) is 0 Å². The molecule has 0 aliphatic heterocycles. The van der Waals surface area contributed by atoms with Gasteiger partial charge in [-0.2, -0.15) is 0 Å². The van der Waals surface area contributed by atoms with Crippen LogP contribution in [-0.2, 0) is 4.57 Å². The first kappa shape index (κ1) is 19.4. The molecule has 1 atom stereocenters. The molecule has 0 saturated carbocycles. The number of hydrogen-bond acceptors (Lipinski definition) is 1. The van der Waals surface area contributed by atoms with Crippen LogP contribution in [0.5, 0.6) is 0 Å². The van der Waals surface area contributed by atoms with Crippen LogP contribution in [0.4, 0.5) is 0 Å². The van der Waals surface area contributed by atoms with Crippen molar-refractivity contribution in [1.82, 2.24) is 5.09 Å². The van der Waals surface area contributed by atoms with E-state index in [1.54, 1.807) is 0 Å². The van der Waals surface area contributed by atoms with Crippen molar-refractivity contribution in [3.63, 3.8) is 0 Å². The fourth-order valence-corrected chi connectivity index (χ4v) is 5.83. The maximum absolute atomic E-state index is 14.2. The van der Waals surface area contributed by atoms with Crippen molar-refractivity contribution in [2.24, 2.45) is 0 Å². The summed E-state index contributed by atoms with van der Waals surface area (Å²) < 4.78 is 14.2. The van der Waals surface area contributed by atoms with Crippen molar-refractivity contribution in [2.75, 3.05) is 0 Å². The van der Waals surface area contributed by atoms with E-state index in [0.717, 1.165) is 22.6 Å². The molecule has 3 aromatic rings. The van der Waals surface area contributed by atoms with Gasteiger partial charge < -0.3 is 0 Å². The molecule has 0 amide bonds. The van der Waals surface area contributed by atoms with Crippen LogP contribution in [0.3, 0.4) is 0 Å². The zero-order chi connectivity index (χ0) is 19.1. The van der Waals surface area contributed by atoms with E-state index in [4.69, 9.17) is 0 Å². The normalized spacial score (nSPS) is 13.3. The summed E-state index contributed by atoms with van der Waals surface area (Å²) in [6.45, 7) is 4.23. The van der Waals surface area contributed by atoms with Gasteiger partial charge in [-0.05, 0) is 43.2 Å². The Kier molecular flexibility index (Phi) is 6.45. The van der Waals surface area contributed by atoms with Crippen LogP contribution < -0.4 is 15.7 Å². The molecule has 2 nitrogen and oxygen atoms in total. The average molecular weight is 375 g/mol. The second-order valence-corrected chi connectivity index (χ2v) is 9.18. The minimum Gasteiger partial charge on any atom is -0.297 e. The van der Waals surface area contributed by atoms with Gasteiger partial charge in [0.1, 0.15) is 0 Å². The molecule has 27 heavy (non-hydrogen) atoms. The first-order chi connectivity index (χ1) is 13.1. The molecule has 0 spiro atoms. The summed E-state index contributed by atoms with van der Waals surface area (Å²) in [6.07, 6.45) is 3.03. The second-order valence-electron chi connectivity index (χ2n) is 6.67. The van der Waals surface area contributed by atoms with Crippen LogP contribution in [0.15, 0.2) is 96.6 Å². The van der Waals surface area contributed by atoms with Crippen LogP contribution in [0.2, 0.25) is 0 Å². The van der Waals surface area contributed by atoms with Crippen LogP contribution in [0.25, 0.3) is 6.08 Å². The monoisotopic (exact) mass is 375 g/mol. The van der Waals surface area contributed by atoms with Crippen molar-refractivity contribution in [3.05, 3.63) is 102 Å². The van der Waals surface area contributed by atoms with E-state index >= 15 is 0 Å². The standard InChI is InChI=1S/C24H26NOP/c1-3-24(20(2)19-21-13-7-4-8-14-21)25-27(26,22-15-9-5-10-16-22)23-17-11-6-12-18-23/h4-19,24H,3H2,1-2H3,(H,25,26)/b20-19+/t24-/m1/s1. The number of benzene rings is 3. The van der Waals surface area contributed by atoms with E-state index in [1.807, 2.05) is 78.9 Å². The summed E-state index contributed by atoms with van der Waals surface area (Å²) in [5.41, 5.74) is 2.33. The Morgan fingerprint density at radius 1 is 0.852 bits per heavy atom. The predicted molar refractivity (Wildman–Crippen MR) is 117 cm³/mol. The van der Waals surface area contributed by atoms with Crippen molar-refractivity contribution in [1.29, 1.82) is 0 Å². The molecule has 0 bridgehead atoms. The van der Waals surface area contributed by atoms with E-state index in [9.17, 15) is 4.57 Å². The number of hydrogen-bond donors (Lipinski definition) is 1. The van der Waals surface area contributed by atoms with E-state index in [2.05, 4.69) is 37.1 Å². The van der Waals surface area contributed by atoms with Gasteiger partial charge in [0.15, 0.2) is 0 Å². The van der Waals surface area contributed by atoms with Crippen LogP contribution in [-0.4, -0.2) is 6.04 Å². The van der Waals surface area contributed by atoms with Gasteiger partial charge in [0, 0.05) is 16.7 Å². The molecule has 0 saturated heterocycles. The molecule has 0 aliphatic rings. The average Bonchev–Trinajstić information content (AvgIpc) is 2.73. The Hall–Kier alpha value is -2.41. The Bertz CT molecular complexity index is 877. The lowest BCUT2D eigenvalue weighted by Gasteiger charge is -2.27. The van der Waals surface area contributed by atoms with E-state index in [0.29, 0.717) is 0 Å². The molecular formula is C24H26NOP. The highest BCUT2D eigenvalue weighted by molar-refractivity contribution is 7.76. The fraction of sp³-hybridized carbons (Fsp3) is 0.167. The summed E-state index contributed by atoms with van der Waals surface area (Å²) in [4.78, 5) is 0. The molecule has 138 valence electrons. The molecule has 3 rings (SSSR count). The van der Waals surface area contributed by atoms with Gasteiger partial charge >= 0.3 is 0 Å². The fourth-order valence-electron chi connectivity index (χ4n) is 3.22. The van der Waals surface area contributed by atoms with Gasteiger partial charge in [-0.25, -0.2) is 0 Å². The Morgan fingerprint density at radius 3 is 1.74 bits per heavy atom. The van der Waals surface area contributed by atoms with Crippen LogP contribution >= 0.6 is 7.29 Å². The lowest BCUT2D eigenvalue weighted by atomic mass is 10.0. The minimum absolute atomic E-state index is 0.0245. The van der Waals surface area contributed by atoms with E-state index < -0.39 is 7.29 Å². The first-order valence-corrected chi connectivity index (χ1v) is 11.1. The Labute approximate surface area is 162 Å². The van der Waals surface area contributed by atoms with Crippen molar-refractivity contribution in [3.8, 4) is 0 Å². The van der Waals surface area contributed by atoms with Gasteiger partial charge in [0.2, 0.25) is 7.29 Å². The van der Waals surface area contributed by atoms with Crippen molar-refractivity contribution in [2.45, 2.75) is 26.3 Å². The van der Waals surface area contributed by atoms with Crippen molar-refractivity contribution >= 4 is 24.0 Å². The third-order valence-electron chi connectivity index (χ3n) is 4.73. The highest BCUT2D eigenvalue weighted by Crippen LogP contribution is 2.40. The predicted octanol–water partition coefficient (Wildman–Crippen LogP) is 5.39. The summed E-state index contributed by atoms with van der Waals surface area (Å²) >= 11 is 0. The summed E-state index contributed by atoms with van der Waals surface area (Å²) in [6, 6.07) is 29.8. The molecule has 0 heterocycles. The third-order valence-corrected chi connectivity index (χ3v) is 7.46. The summed E-state index contributed by atoms with van der Waals surface area (Å²) in [5.74, 6) is 0. The zero-order valence-corrected chi connectivity index (χ0v) is 16.8. The van der Waals surface area contributed by atoms with Gasteiger partial charge in [-0.3, -0.25) is 9.65 Å². The van der Waals surface area contributed by atoms with Gasteiger partial charge in [0.25, 0.3) is 0 Å². The van der Waals surface area contributed by atoms with Gasteiger partial charge in [-0.1, -0.05) is 85.3 Å². The molecule has 0 unspecified atom stereocenters.